The minimum Gasteiger partial charge on any atom is -0.493 e. The molecule has 5 nitrogen and oxygen atoms in total. The fourth-order valence-electron chi connectivity index (χ4n) is 4.17. The van der Waals surface area contributed by atoms with Gasteiger partial charge in [0, 0.05) is 12.1 Å². The van der Waals surface area contributed by atoms with Crippen molar-refractivity contribution >= 4 is 11.9 Å². The fourth-order valence-corrected chi connectivity index (χ4v) is 4.17. The molecule has 1 amide bonds. The monoisotopic (exact) mass is 513 g/mol. The zero-order chi connectivity index (χ0) is 27.2. The zero-order valence-electron chi connectivity index (χ0n) is 21.0. The first-order chi connectivity index (χ1) is 17.4. The number of carboxylic acids is 1. The van der Waals surface area contributed by atoms with Crippen LogP contribution in [0, 0.1) is 19.8 Å². The van der Waals surface area contributed by atoms with Crippen LogP contribution in [-0.4, -0.2) is 30.1 Å². The molecule has 0 saturated carbocycles. The predicted molar refractivity (Wildman–Crippen MR) is 136 cm³/mol. The van der Waals surface area contributed by atoms with Crippen molar-refractivity contribution in [3.63, 3.8) is 0 Å². The van der Waals surface area contributed by atoms with Crippen molar-refractivity contribution in [1.82, 2.24) is 5.32 Å². The second-order valence-corrected chi connectivity index (χ2v) is 9.22. The van der Waals surface area contributed by atoms with Gasteiger partial charge in [-0.15, -0.1) is 0 Å². The Bertz CT molecular complexity index is 1210. The summed E-state index contributed by atoms with van der Waals surface area (Å²) < 4.78 is 44.7. The van der Waals surface area contributed by atoms with Crippen molar-refractivity contribution in [3.8, 4) is 16.9 Å². The first-order valence-electron chi connectivity index (χ1n) is 11.9. The standard InChI is InChI=1S/C29H30F3NO4/c1-18(14-21-4-6-23(7-5-21)28(36)33-13-12-26(34)35)17-37-25-15-19(2)27(20(3)16-25)22-8-10-24(11-9-22)29(30,31)32/h4-11,15-16,18H,12-14,17H2,1-3H3,(H,33,36)(H,34,35). The lowest BCUT2D eigenvalue weighted by molar-refractivity contribution is -0.138. The van der Waals surface area contributed by atoms with Gasteiger partial charge in [-0.3, -0.25) is 9.59 Å². The highest BCUT2D eigenvalue weighted by Gasteiger charge is 2.30. The molecule has 0 radical (unpaired) electrons. The van der Waals surface area contributed by atoms with E-state index in [1.165, 1.54) is 12.1 Å². The summed E-state index contributed by atoms with van der Waals surface area (Å²) in [5.74, 6) is -0.390. The number of carbonyl (C=O) groups excluding carboxylic acids is 1. The van der Waals surface area contributed by atoms with E-state index in [0.717, 1.165) is 46.4 Å². The average Bonchev–Trinajstić information content (AvgIpc) is 2.82. The highest BCUT2D eigenvalue weighted by atomic mass is 19.4. The number of aliphatic carboxylic acids is 1. The minimum atomic E-state index is -4.36. The van der Waals surface area contributed by atoms with Gasteiger partial charge in [-0.1, -0.05) is 31.2 Å². The Hall–Kier alpha value is -3.81. The number of rotatable bonds is 10. The molecule has 3 aromatic rings. The molecule has 8 heteroatoms. The molecule has 3 aromatic carbocycles. The van der Waals surface area contributed by atoms with E-state index in [-0.39, 0.29) is 24.8 Å². The van der Waals surface area contributed by atoms with E-state index < -0.39 is 17.7 Å². The number of aryl methyl sites for hydroxylation is 2. The lowest BCUT2D eigenvalue weighted by Gasteiger charge is -2.17. The third kappa shape index (κ3) is 7.84. The van der Waals surface area contributed by atoms with Crippen LogP contribution in [0.2, 0.25) is 0 Å². The number of hydrogen-bond acceptors (Lipinski definition) is 3. The number of carbonyl (C=O) groups is 2. The second-order valence-electron chi connectivity index (χ2n) is 9.22. The van der Waals surface area contributed by atoms with E-state index in [4.69, 9.17) is 9.84 Å². The Morgan fingerprint density at radius 1 is 0.973 bits per heavy atom. The predicted octanol–water partition coefficient (Wildman–Crippen LogP) is 6.45. The number of benzene rings is 3. The van der Waals surface area contributed by atoms with Gasteiger partial charge in [-0.05, 0) is 90.4 Å². The number of ether oxygens (including phenoxy) is 1. The summed E-state index contributed by atoms with van der Waals surface area (Å²) in [6.07, 6.45) is -3.75. The maximum atomic E-state index is 12.9. The van der Waals surface area contributed by atoms with Crippen molar-refractivity contribution in [2.75, 3.05) is 13.2 Å². The third-order valence-electron chi connectivity index (χ3n) is 5.97. The summed E-state index contributed by atoms with van der Waals surface area (Å²) in [5.41, 5.74) is 4.29. The molecule has 2 N–H and O–H groups in total. The molecule has 0 aliphatic heterocycles. The minimum absolute atomic E-state index is 0.0779. The lowest BCUT2D eigenvalue weighted by atomic mass is 9.94. The van der Waals surface area contributed by atoms with Gasteiger partial charge >= 0.3 is 12.1 Å². The molecule has 0 aliphatic carbocycles. The van der Waals surface area contributed by atoms with Gasteiger partial charge < -0.3 is 15.2 Å². The Morgan fingerprint density at radius 2 is 1.57 bits per heavy atom. The summed E-state index contributed by atoms with van der Waals surface area (Å²) >= 11 is 0. The second kappa shape index (κ2) is 12.0. The van der Waals surface area contributed by atoms with Crippen LogP contribution >= 0.6 is 0 Å². The van der Waals surface area contributed by atoms with Crippen molar-refractivity contribution in [2.24, 2.45) is 5.92 Å². The largest absolute Gasteiger partial charge is 0.493 e. The molecular formula is C29H30F3NO4. The molecule has 0 aliphatic rings. The van der Waals surface area contributed by atoms with E-state index in [0.29, 0.717) is 17.9 Å². The zero-order valence-corrected chi connectivity index (χ0v) is 21.0. The third-order valence-corrected chi connectivity index (χ3v) is 5.97. The molecule has 1 atom stereocenters. The SMILES string of the molecule is Cc1cc(OCC(C)Cc2ccc(C(=O)NCCC(=O)O)cc2)cc(C)c1-c1ccc(C(F)(F)F)cc1. The molecule has 0 spiro atoms. The maximum absolute atomic E-state index is 12.9. The van der Waals surface area contributed by atoms with Crippen LogP contribution in [-0.2, 0) is 17.4 Å². The number of nitrogens with one attached hydrogen (secondary N) is 1. The average molecular weight is 514 g/mol. The highest BCUT2D eigenvalue weighted by Crippen LogP contribution is 2.34. The van der Waals surface area contributed by atoms with Crippen LogP contribution < -0.4 is 10.1 Å². The Labute approximate surface area is 214 Å². The van der Waals surface area contributed by atoms with Crippen molar-refractivity contribution in [2.45, 2.75) is 39.8 Å². The Morgan fingerprint density at radius 3 is 2.11 bits per heavy atom. The van der Waals surface area contributed by atoms with E-state index in [9.17, 15) is 22.8 Å². The summed E-state index contributed by atoms with van der Waals surface area (Å²) in [5, 5.41) is 11.2. The van der Waals surface area contributed by atoms with E-state index in [1.54, 1.807) is 12.1 Å². The summed E-state index contributed by atoms with van der Waals surface area (Å²) in [6, 6.07) is 16.1. The molecular weight excluding hydrogens is 483 g/mol. The van der Waals surface area contributed by atoms with Crippen LogP contribution in [0.1, 0.15) is 46.0 Å². The first-order valence-corrected chi connectivity index (χ1v) is 11.9. The van der Waals surface area contributed by atoms with Crippen molar-refractivity contribution in [3.05, 3.63) is 88.5 Å². The number of hydrogen-bond donors (Lipinski definition) is 2. The molecule has 196 valence electrons. The smallest absolute Gasteiger partial charge is 0.416 e. The van der Waals surface area contributed by atoms with Crippen LogP contribution in [0.25, 0.3) is 11.1 Å². The van der Waals surface area contributed by atoms with Gasteiger partial charge in [0.05, 0.1) is 18.6 Å². The fraction of sp³-hybridized carbons (Fsp3) is 0.310. The number of amides is 1. The molecule has 0 aromatic heterocycles. The number of alkyl halides is 3. The quantitative estimate of drug-likeness (QED) is 0.327. The van der Waals surface area contributed by atoms with Gasteiger partial charge in [-0.25, -0.2) is 0 Å². The number of carboxylic acid groups (broad SMARTS) is 1. The van der Waals surface area contributed by atoms with Gasteiger partial charge in [0.2, 0.25) is 0 Å². The molecule has 3 rings (SSSR count). The summed E-state index contributed by atoms with van der Waals surface area (Å²) in [4.78, 5) is 22.6. The van der Waals surface area contributed by atoms with Crippen molar-refractivity contribution in [1.29, 1.82) is 0 Å². The van der Waals surface area contributed by atoms with Crippen LogP contribution in [0.4, 0.5) is 13.2 Å². The summed E-state index contributed by atoms with van der Waals surface area (Å²) in [6.45, 7) is 6.43. The molecule has 1 unspecified atom stereocenters. The highest BCUT2D eigenvalue weighted by molar-refractivity contribution is 5.94. The van der Waals surface area contributed by atoms with Gasteiger partial charge in [0.15, 0.2) is 0 Å². The van der Waals surface area contributed by atoms with Crippen LogP contribution in [0.5, 0.6) is 5.75 Å². The maximum Gasteiger partial charge on any atom is 0.416 e. The molecule has 0 fully saturated rings. The van der Waals surface area contributed by atoms with Crippen LogP contribution in [0.15, 0.2) is 60.7 Å². The summed E-state index contributed by atoms with van der Waals surface area (Å²) in [7, 11) is 0. The van der Waals surface area contributed by atoms with Gasteiger partial charge in [0.1, 0.15) is 5.75 Å². The Balaban J connectivity index is 1.57. The normalized spacial score (nSPS) is 12.2. The number of halogens is 3. The van der Waals surface area contributed by atoms with Gasteiger partial charge in [0.25, 0.3) is 5.91 Å². The molecule has 0 heterocycles. The van der Waals surface area contributed by atoms with E-state index >= 15 is 0 Å². The van der Waals surface area contributed by atoms with Crippen molar-refractivity contribution < 1.29 is 32.6 Å². The van der Waals surface area contributed by atoms with E-state index in [1.807, 2.05) is 38.1 Å². The lowest BCUT2D eigenvalue weighted by Crippen LogP contribution is -2.25. The topological polar surface area (TPSA) is 75.6 Å². The molecule has 0 saturated heterocycles. The first kappa shape index (κ1) is 27.8. The van der Waals surface area contributed by atoms with E-state index in [2.05, 4.69) is 12.2 Å². The molecule has 0 bridgehead atoms. The molecule has 37 heavy (non-hydrogen) atoms. The van der Waals surface area contributed by atoms with Crippen LogP contribution in [0.3, 0.4) is 0 Å². The Kier molecular flexibility index (Phi) is 8.97. The van der Waals surface area contributed by atoms with Gasteiger partial charge in [-0.2, -0.15) is 13.2 Å².